The summed E-state index contributed by atoms with van der Waals surface area (Å²) in [6, 6.07) is 9.76. The molecule has 0 aliphatic carbocycles. The van der Waals surface area contributed by atoms with Crippen molar-refractivity contribution in [1.29, 1.82) is 0 Å². The third-order valence-corrected chi connectivity index (χ3v) is 5.44. The third-order valence-electron chi connectivity index (χ3n) is 4.64. The molecule has 2 aromatic rings. The van der Waals surface area contributed by atoms with Crippen LogP contribution in [-0.2, 0) is 13.0 Å². The number of fused-ring (bicyclic) bond motifs is 1. The fraction of sp³-hybridized carbons (Fsp3) is 0.333. The zero-order chi connectivity index (χ0) is 17.4. The van der Waals surface area contributed by atoms with Gasteiger partial charge in [-0.1, -0.05) is 40.9 Å². The van der Waals surface area contributed by atoms with Crippen molar-refractivity contribution in [3.05, 3.63) is 56.8 Å². The van der Waals surface area contributed by atoms with Gasteiger partial charge in [0, 0.05) is 35.7 Å². The SMILES string of the molecule is Clc1ccc(CN[C@@H]2CCN(C3=Nc4ccc(Cl)nc4C3)C2)c(Cl)c1. The van der Waals surface area contributed by atoms with Crippen molar-refractivity contribution in [1.82, 2.24) is 15.2 Å². The molecule has 4 nitrogen and oxygen atoms in total. The first kappa shape index (κ1) is 17.1. The van der Waals surface area contributed by atoms with Gasteiger partial charge in [-0.15, -0.1) is 0 Å². The zero-order valence-corrected chi connectivity index (χ0v) is 15.7. The molecular weight excluding hydrogens is 379 g/mol. The molecule has 4 rings (SSSR count). The molecule has 2 aliphatic rings. The van der Waals surface area contributed by atoms with Crippen LogP contribution in [0.25, 0.3) is 0 Å². The summed E-state index contributed by atoms with van der Waals surface area (Å²) in [5, 5.41) is 5.47. The molecule has 1 atom stereocenters. The van der Waals surface area contributed by atoms with Crippen LogP contribution in [0, 0.1) is 0 Å². The predicted molar refractivity (Wildman–Crippen MR) is 103 cm³/mol. The molecule has 3 heterocycles. The van der Waals surface area contributed by atoms with Crippen LogP contribution < -0.4 is 5.32 Å². The number of pyridine rings is 1. The van der Waals surface area contributed by atoms with Crippen LogP contribution in [0.5, 0.6) is 0 Å². The van der Waals surface area contributed by atoms with E-state index in [1.54, 1.807) is 12.1 Å². The second kappa shape index (κ2) is 7.12. The van der Waals surface area contributed by atoms with Gasteiger partial charge in [0.2, 0.25) is 0 Å². The van der Waals surface area contributed by atoms with Gasteiger partial charge in [0.15, 0.2) is 0 Å². The van der Waals surface area contributed by atoms with Crippen LogP contribution in [0.2, 0.25) is 15.2 Å². The Bertz CT molecular complexity index is 837. The smallest absolute Gasteiger partial charge is 0.129 e. The first-order chi connectivity index (χ1) is 12.1. The number of aromatic nitrogens is 1. The van der Waals surface area contributed by atoms with E-state index < -0.39 is 0 Å². The number of amidine groups is 1. The van der Waals surface area contributed by atoms with Crippen LogP contribution in [0.3, 0.4) is 0 Å². The first-order valence-electron chi connectivity index (χ1n) is 8.24. The third kappa shape index (κ3) is 3.77. The highest BCUT2D eigenvalue weighted by Crippen LogP contribution is 2.29. The Morgan fingerprint density at radius 3 is 2.88 bits per heavy atom. The van der Waals surface area contributed by atoms with Crippen molar-refractivity contribution in [3.8, 4) is 0 Å². The van der Waals surface area contributed by atoms with Gasteiger partial charge in [0.25, 0.3) is 0 Å². The molecule has 7 heteroatoms. The monoisotopic (exact) mass is 394 g/mol. The summed E-state index contributed by atoms with van der Waals surface area (Å²) in [5.41, 5.74) is 2.96. The minimum Gasteiger partial charge on any atom is -0.358 e. The number of hydrogen-bond donors (Lipinski definition) is 1. The molecule has 0 spiro atoms. The van der Waals surface area contributed by atoms with Gasteiger partial charge >= 0.3 is 0 Å². The Morgan fingerprint density at radius 2 is 2.04 bits per heavy atom. The average Bonchev–Trinajstić information content (AvgIpc) is 3.20. The van der Waals surface area contributed by atoms with Gasteiger partial charge in [-0.25, -0.2) is 9.98 Å². The molecule has 1 saturated heterocycles. The Morgan fingerprint density at radius 1 is 1.16 bits per heavy atom. The Hall–Kier alpha value is -1.33. The van der Waals surface area contributed by atoms with Crippen molar-refractivity contribution in [2.45, 2.75) is 25.4 Å². The van der Waals surface area contributed by atoms with Crippen LogP contribution in [0.4, 0.5) is 5.69 Å². The maximum Gasteiger partial charge on any atom is 0.129 e. The number of rotatable bonds is 3. The molecular formula is C18H17Cl3N4. The number of aliphatic imine (C=N–C) groups is 1. The molecule has 1 aromatic heterocycles. The number of benzene rings is 1. The van der Waals surface area contributed by atoms with E-state index in [1.165, 1.54) is 0 Å². The average molecular weight is 396 g/mol. The number of nitrogens with one attached hydrogen (secondary N) is 1. The zero-order valence-electron chi connectivity index (χ0n) is 13.5. The van der Waals surface area contributed by atoms with E-state index in [0.29, 0.717) is 21.2 Å². The van der Waals surface area contributed by atoms with Crippen LogP contribution >= 0.6 is 34.8 Å². The second-order valence-corrected chi connectivity index (χ2v) is 7.58. The van der Waals surface area contributed by atoms with E-state index in [9.17, 15) is 0 Å². The number of likely N-dealkylation sites (tertiary alicyclic amines) is 1. The molecule has 0 amide bonds. The highest BCUT2D eigenvalue weighted by molar-refractivity contribution is 6.35. The van der Waals surface area contributed by atoms with E-state index in [0.717, 1.165) is 55.3 Å². The lowest BCUT2D eigenvalue weighted by atomic mass is 10.2. The molecule has 2 aliphatic heterocycles. The normalized spacial score (nSPS) is 19.2. The van der Waals surface area contributed by atoms with Crippen molar-refractivity contribution >= 4 is 46.3 Å². The molecule has 0 saturated carbocycles. The summed E-state index contributed by atoms with van der Waals surface area (Å²) in [6.07, 6.45) is 1.83. The lowest BCUT2D eigenvalue weighted by Crippen LogP contribution is -2.35. The van der Waals surface area contributed by atoms with E-state index in [2.05, 4.69) is 15.2 Å². The quantitative estimate of drug-likeness (QED) is 0.778. The van der Waals surface area contributed by atoms with E-state index in [-0.39, 0.29) is 0 Å². The number of nitrogens with zero attached hydrogens (tertiary/aromatic N) is 3. The van der Waals surface area contributed by atoms with Crippen molar-refractivity contribution in [2.75, 3.05) is 13.1 Å². The molecule has 0 bridgehead atoms. The van der Waals surface area contributed by atoms with Gasteiger partial charge in [-0.2, -0.15) is 0 Å². The largest absolute Gasteiger partial charge is 0.358 e. The topological polar surface area (TPSA) is 40.5 Å². The highest BCUT2D eigenvalue weighted by atomic mass is 35.5. The van der Waals surface area contributed by atoms with Crippen LogP contribution in [-0.4, -0.2) is 34.9 Å². The maximum atomic E-state index is 6.24. The predicted octanol–water partition coefficient (Wildman–Crippen LogP) is 4.49. The van der Waals surface area contributed by atoms with Crippen LogP contribution in [0.15, 0.2) is 35.3 Å². The molecule has 0 radical (unpaired) electrons. The molecule has 130 valence electrons. The minimum atomic E-state index is 0.412. The Balaban J connectivity index is 1.35. The summed E-state index contributed by atoms with van der Waals surface area (Å²) >= 11 is 18.2. The number of hydrogen-bond acceptors (Lipinski definition) is 4. The number of halogens is 3. The molecule has 1 aromatic carbocycles. The van der Waals surface area contributed by atoms with Gasteiger partial charge in [0.05, 0.1) is 17.8 Å². The summed E-state index contributed by atoms with van der Waals surface area (Å²) < 4.78 is 0. The molecule has 25 heavy (non-hydrogen) atoms. The fourth-order valence-electron chi connectivity index (χ4n) is 3.29. The van der Waals surface area contributed by atoms with Crippen LogP contribution in [0.1, 0.15) is 17.7 Å². The van der Waals surface area contributed by atoms with Gasteiger partial charge in [0.1, 0.15) is 11.0 Å². The summed E-state index contributed by atoms with van der Waals surface area (Å²) in [6.45, 7) is 2.66. The standard InChI is InChI=1S/C18H17Cl3N4/c19-12-2-1-11(14(20)7-12)9-22-13-5-6-25(10-13)18-8-16-15(24-18)3-4-17(21)23-16/h1-4,7,13,22H,5-6,8-10H2/t13-/m1/s1. The van der Waals surface area contributed by atoms with Gasteiger partial charge in [-0.3, -0.25) is 0 Å². The Kier molecular flexibility index (Phi) is 4.87. The van der Waals surface area contributed by atoms with Gasteiger partial charge in [-0.05, 0) is 36.2 Å². The van der Waals surface area contributed by atoms with Crippen molar-refractivity contribution in [2.24, 2.45) is 4.99 Å². The summed E-state index contributed by atoms with van der Waals surface area (Å²) in [4.78, 5) is 11.4. The van der Waals surface area contributed by atoms with Crippen molar-refractivity contribution < 1.29 is 0 Å². The molecule has 1 fully saturated rings. The summed E-state index contributed by atoms with van der Waals surface area (Å²) in [7, 11) is 0. The lowest BCUT2D eigenvalue weighted by molar-refractivity contribution is 0.472. The Labute approximate surface area is 161 Å². The van der Waals surface area contributed by atoms with Crippen molar-refractivity contribution in [3.63, 3.8) is 0 Å². The second-order valence-electron chi connectivity index (χ2n) is 6.35. The van der Waals surface area contributed by atoms with E-state index in [1.807, 2.05) is 18.2 Å². The minimum absolute atomic E-state index is 0.412. The van der Waals surface area contributed by atoms with E-state index in [4.69, 9.17) is 39.8 Å². The highest BCUT2D eigenvalue weighted by Gasteiger charge is 2.28. The fourth-order valence-corrected chi connectivity index (χ4v) is 3.93. The van der Waals surface area contributed by atoms with E-state index >= 15 is 0 Å². The molecule has 0 unspecified atom stereocenters. The molecule has 1 N–H and O–H groups in total. The summed E-state index contributed by atoms with van der Waals surface area (Å²) in [5.74, 6) is 1.08. The maximum absolute atomic E-state index is 6.24. The first-order valence-corrected chi connectivity index (χ1v) is 9.37. The lowest BCUT2D eigenvalue weighted by Gasteiger charge is -2.18. The van der Waals surface area contributed by atoms with Gasteiger partial charge < -0.3 is 10.2 Å².